The molecule has 0 radical (unpaired) electrons. The van der Waals surface area contributed by atoms with E-state index in [2.05, 4.69) is 5.10 Å². The fourth-order valence-electron chi connectivity index (χ4n) is 2.46. The number of aromatic nitrogens is 2. The van der Waals surface area contributed by atoms with E-state index >= 15 is 0 Å². The van der Waals surface area contributed by atoms with Crippen LogP contribution in [0.25, 0.3) is 0 Å². The smallest absolute Gasteiger partial charge is 0.258 e. The SMILES string of the molecule is Cc1c([N+](=O)[O-])cnn1C(C)c1ccc(C(F)(F)F)cc1C(F)(F)F. The fraction of sp³-hybridized carbons (Fsp3) is 0.357. The molecule has 0 aliphatic carbocycles. The quantitative estimate of drug-likeness (QED) is 0.447. The van der Waals surface area contributed by atoms with Crippen LogP contribution in [0.4, 0.5) is 32.0 Å². The molecular weight excluding hydrogens is 356 g/mol. The highest BCUT2D eigenvalue weighted by Gasteiger charge is 2.39. The first-order valence-electron chi connectivity index (χ1n) is 6.81. The van der Waals surface area contributed by atoms with Crippen molar-refractivity contribution in [2.24, 2.45) is 0 Å². The van der Waals surface area contributed by atoms with Gasteiger partial charge in [-0.25, -0.2) is 0 Å². The summed E-state index contributed by atoms with van der Waals surface area (Å²) in [6.45, 7) is 2.56. The molecule has 0 aliphatic rings. The predicted molar refractivity (Wildman–Crippen MR) is 73.9 cm³/mol. The van der Waals surface area contributed by atoms with E-state index in [1.165, 1.54) is 13.8 Å². The van der Waals surface area contributed by atoms with Gasteiger partial charge in [0, 0.05) is 0 Å². The zero-order chi connectivity index (χ0) is 19.2. The van der Waals surface area contributed by atoms with Crippen LogP contribution < -0.4 is 0 Å². The van der Waals surface area contributed by atoms with E-state index in [1.807, 2.05) is 0 Å². The highest BCUT2D eigenvalue weighted by molar-refractivity contribution is 5.39. The van der Waals surface area contributed by atoms with E-state index in [9.17, 15) is 36.5 Å². The molecule has 0 N–H and O–H groups in total. The molecule has 25 heavy (non-hydrogen) atoms. The van der Waals surface area contributed by atoms with Gasteiger partial charge in [0.25, 0.3) is 0 Å². The maximum Gasteiger partial charge on any atom is 0.416 e. The Hall–Kier alpha value is -2.59. The van der Waals surface area contributed by atoms with Crippen LogP contribution >= 0.6 is 0 Å². The lowest BCUT2D eigenvalue weighted by Gasteiger charge is -2.21. The molecule has 0 aliphatic heterocycles. The van der Waals surface area contributed by atoms with Crippen molar-refractivity contribution in [3.8, 4) is 0 Å². The summed E-state index contributed by atoms with van der Waals surface area (Å²) in [5, 5.41) is 14.5. The van der Waals surface area contributed by atoms with Crippen molar-refractivity contribution in [2.75, 3.05) is 0 Å². The third-order valence-corrected chi connectivity index (χ3v) is 3.72. The van der Waals surface area contributed by atoms with Crippen LogP contribution in [0.3, 0.4) is 0 Å². The van der Waals surface area contributed by atoms with Crippen LogP contribution in [-0.4, -0.2) is 14.7 Å². The van der Waals surface area contributed by atoms with E-state index in [0.717, 1.165) is 10.9 Å². The Balaban J connectivity index is 2.60. The summed E-state index contributed by atoms with van der Waals surface area (Å²) in [6, 6.07) is 0.115. The Bertz CT molecular complexity index is 810. The summed E-state index contributed by atoms with van der Waals surface area (Å²) in [4.78, 5) is 10.1. The third kappa shape index (κ3) is 3.59. The van der Waals surface area contributed by atoms with E-state index in [0.29, 0.717) is 12.1 Å². The van der Waals surface area contributed by atoms with Crippen LogP contribution in [-0.2, 0) is 12.4 Å². The first-order chi connectivity index (χ1) is 11.3. The van der Waals surface area contributed by atoms with Crippen molar-refractivity contribution in [1.29, 1.82) is 0 Å². The van der Waals surface area contributed by atoms with Crippen LogP contribution in [0.5, 0.6) is 0 Å². The van der Waals surface area contributed by atoms with E-state index in [1.54, 1.807) is 0 Å². The van der Waals surface area contributed by atoms with Gasteiger partial charge in [-0.15, -0.1) is 0 Å². The van der Waals surface area contributed by atoms with Crippen molar-refractivity contribution in [3.05, 3.63) is 56.9 Å². The van der Waals surface area contributed by atoms with Crippen LogP contribution in [0.2, 0.25) is 0 Å². The lowest BCUT2D eigenvalue weighted by molar-refractivity contribution is -0.385. The molecule has 5 nitrogen and oxygen atoms in total. The number of nitro groups is 1. The lowest BCUT2D eigenvalue weighted by Crippen LogP contribution is -2.18. The Morgan fingerprint density at radius 3 is 2.20 bits per heavy atom. The van der Waals surface area contributed by atoms with Gasteiger partial charge in [-0.2, -0.15) is 31.4 Å². The van der Waals surface area contributed by atoms with Gasteiger partial charge in [0.1, 0.15) is 11.9 Å². The molecule has 0 spiro atoms. The van der Waals surface area contributed by atoms with Crippen molar-refractivity contribution in [3.63, 3.8) is 0 Å². The van der Waals surface area contributed by atoms with Gasteiger partial charge in [-0.05, 0) is 31.5 Å². The van der Waals surface area contributed by atoms with Gasteiger partial charge < -0.3 is 0 Å². The molecule has 0 bridgehead atoms. The number of benzene rings is 1. The molecule has 1 aromatic carbocycles. The Labute approximate surface area is 137 Å². The van der Waals surface area contributed by atoms with E-state index in [-0.39, 0.29) is 11.8 Å². The number of alkyl halides is 6. The Kier molecular flexibility index (Phi) is 4.53. The fourth-order valence-corrected chi connectivity index (χ4v) is 2.46. The average molecular weight is 367 g/mol. The summed E-state index contributed by atoms with van der Waals surface area (Å²) >= 11 is 0. The zero-order valence-corrected chi connectivity index (χ0v) is 12.8. The molecule has 0 amide bonds. The topological polar surface area (TPSA) is 61.0 Å². The van der Waals surface area contributed by atoms with Crippen molar-refractivity contribution >= 4 is 5.69 Å². The highest BCUT2D eigenvalue weighted by atomic mass is 19.4. The largest absolute Gasteiger partial charge is 0.416 e. The number of hydrogen-bond donors (Lipinski definition) is 0. The molecule has 0 saturated carbocycles. The Morgan fingerprint density at radius 1 is 1.16 bits per heavy atom. The molecule has 1 heterocycles. The van der Waals surface area contributed by atoms with E-state index < -0.39 is 45.7 Å². The number of rotatable bonds is 3. The molecule has 1 aromatic heterocycles. The molecule has 136 valence electrons. The lowest BCUT2D eigenvalue weighted by atomic mass is 9.98. The summed E-state index contributed by atoms with van der Waals surface area (Å²) in [7, 11) is 0. The maximum atomic E-state index is 13.2. The first kappa shape index (κ1) is 18.7. The van der Waals surface area contributed by atoms with Gasteiger partial charge >= 0.3 is 18.0 Å². The minimum atomic E-state index is -5.03. The van der Waals surface area contributed by atoms with E-state index in [4.69, 9.17) is 0 Å². The van der Waals surface area contributed by atoms with Gasteiger partial charge in [-0.1, -0.05) is 6.07 Å². The second-order valence-corrected chi connectivity index (χ2v) is 5.29. The van der Waals surface area contributed by atoms with Gasteiger partial charge in [0.2, 0.25) is 0 Å². The maximum absolute atomic E-state index is 13.2. The van der Waals surface area contributed by atoms with Gasteiger partial charge in [0.15, 0.2) is 0 Å². The molecule has 0 saturated heterocycles. The monoisotopic (exact) mass is 367 g/mol. The minimum Gasteiger partial charge on any atom is -0.258 e. The second kappa shape index (κ2) is 6.05. The molecule has 11 heteroatoms. The Morgan fingerprint density at radius 2 is 1.76 bits per heavy atom. The summed E-state index contributed by atoms with van der Waals surface area (Å²) < 4.78 is 78.8. The molecule has 2 aromatic rings. The molecule has 1 unspecified atom stereocenters. The summed E-state index contributed by atoms with van der Waals surface area (Å²) in [5.41, 5.74) is -3.77. The molecule has 2 rings (SSSR count). The van der Waals surface area contributed by atoms with Gasteiger partial charge in [-0.3, -0.25) is 14.8 Å². The highest BCUT2D eigenvalue weighted by Crippen LogP contribution is 2.40. The second-order valence-electron chi connectivity index (χ2n) is 5.29. The van der Waals surface area contributed by atoms with Crippen molar-refractivity contribution in [1.82, 2.24) is 9.78 Å². The van der Waals surface area contributed by atoms with Crippen LogP contribution in [0, 0.1) is 17.0 Å². The zero-order valence-electron chi connectivity index (χ0n) is 12.8. The van der Waals surface area contributed by atoms with Crippen LogP contribution in [0.15, 0.2) is 24.4 Å². The average Bonchev–Trinajstić information content (AvgIpc) is 2.86. The van der Waals surface area contributed by atoms with Gasteiger partial charge in [0.05, 0.1) is 22.1 Å². The predicted octanol–water partition coefficient (Wildman–Crippen LogP) is 4.75. The van der Waals surface area contributed by atoms with Crippen molar-refractivity contribution in [2.45, 2.75) is 32.2 Å². The van der Waals surface area contributed by atoms with Crippen molar-refractivity contribution < 1.29 is 31.3 Å². The van der Waals surface area contributed by atoms with Crippen LogP contribution in [0.1, 0.15) is 35.3 Å². The summed E-state index contributed by atoms with van der Waals surface area (Å²) in [6.07, 6.45) is -9.08. The normalized spacial score (nSPS) is 13.8. The number of halogens is 6. The standard InChI is InChI=1S/C14H11F6N3O2/c1-7(22-8(2)12(6-21-22)23(24)25)10-4-3-9(13(15,16)17)5-11(10)14(18,19)20/h3-7H,1-2H3. The minimum absolute atomic E-state index is 0.00878. The molecular formula is C14H11F6N3O2. The summed E-state index contributed by atoms with van der Waals surface area (Å²) in [5.74, 6) is 0. The molecule has 1 atom stereocenters. The number of nitrogens with zero attached hydrogens (tertiary/aromatic N) is 3. The molecule has 0 fully saturated rings. The number of hydrogen-bond acceptors (Lipinski definition) is 3. The third-order valence-electron chi connectivity index (χ3n) is 3.72. The first-order valence-corrected chi connectivity index (χ1v) is 6.81.